The van der Waals surface area contributed by atoms with Crippen molar-refractivity contribution < 1.29 is 17.4 Å². The predicted molar refractivity (Wildman–Crippen MR) is 116 cm³/mol. The fraction of sp³-hybridized carbons (Fsp3) is 0.300. The summed E-state index contributed by atoms with van der Waals surface area (Å²) in [6.45, 7) is 4.01. The maximum atomic E-state index is 13.8. The van der Waals surface area contributed by atoms with Gasteiger partial charge in [0, 0.05) is 52.3 Å². The molecule has 1 fully saturated rings. The molecule has 2 aliphatic heterocycles. The molecule has 9 heteroatoms. The molecule has 4 rings (SSSR count). The summed E-state index contributed by atoms with van der Waals surface area (Å²) in [5.41, 5.74) is 3.35. The molecule has 156 valence electrons. The predicted octanol–water partition coefficient (Wildman–Crippen LogP) is 4.19. The van der Waals surface area contributed by atoms with E-state index in [0.717, 1.165) is 57.8 Å². The highest BCUT2D eigenvalue weighted by atomic mass is 35.5. The van der Waals surface area contributed by atoms with Crippen molar-refractivity contribution in [1.82, 2.24) is 9.80 Å². The number of halogens is 2. The summed E-state index contributed by atoms with van der Waals surface area (Å²) >= 11 is 7.81. The Balaban J connectivity index is 0.000000431. The van der Waals surface area contributed by atoms with Crippen LogP contribution in [0.5, 0.6) is 0 Å². The van der Waals surface area contributed by atoms with Crippen LogP contribution in [0.4, 0.5) is 4.39 Å². The first-order chi connectivity index (χ1) is 13.6. The SMILES string of the molecule is CN1CCN(C2=Cc3cc(Cl)ccc3Sc3cc(F)ccc32)CC1.CS(=O)(=O)O. The number of rotatable bonds is 1. The first-order valence-corrected chi connectivity index (χ1v) is 12.0. The van der Waals surface area contributed by atoms with Crippen LogP contribution in [0.25, 0.3) is 11.8 Å². The van der Waals surface area contributed by atoms with Gasteiger partial charge in [0.25, 0.3) is 10.1 Å². The third-order valence-corrected chi connectivity index (χ3v) is 5.93. The lowest BCUT2D eigenvalue weighted by Crippen LogP contribution is -2.43. The third kappa shape index (κ3) is 6.20. The van der Waals surface area contributed by atoms with Crippen molar-refractivity contribution in [3.8, 4) is 0 Å². The zero-order valence-electron chi connectivity index (χ0n) is 16.1. The van der Waals surface area contributed by atoms with E-state index < -0.39 is 10.1 Å². The zero-order valence-corrected chi connectivity index (χ0v) is 18.5. The van der Waals surface area contributed by atoms with Gasteiger partial charge in [-0.3, -0.25) is 4.55 Å². The Morgan fingerprint density at radius 2 is 1.72 bits per heavy atom. The van der Waals surface area contributed by atoms with E-state index in [0.29, 0.717) is 6.26 Å². The maximum absolute atomic E-state index is 13.8. The first kappa shape index (κ1) is 22.1. The molecule has 1 saturated heterocycles. The van der Waals surface area contributed by atoms with E-state index in [4.69, 9.17) is 16.2 Å². The Morgan fingerprint density at radius 3 is 2.38 bits per heavy atom. The summed E-state index contributed by atoms with van der Waals surface area (Å²) in [5.74, 6) is -0.198. The minimum Gasteiger partial charge on any atom is -0.368 e. The molecule has 2 heterocycles. The molecule has 5 nitrogen and oxygen atoms in total. The summed E-state index contributed by atoms with van der Waals surface area (Å²) in [6, 6.07) is 11.0. The third-order valence-electron chi connectivity index (χ3n) is 4.55. The van der Waals surface area contributed by atoms with E-state index in [1.807, 2.05) is 24.3 Å². The lowest BCUT2D eigenvalue weighted by molar-refractivity contribution is 0.207. The summed E-state index contributed by atoms with van der Waals surface area (Å²) in [7, 11) is -1.52. The Kier molecular flexibility index (Phi) is 6.90. The standard InChI is InChI=1S/C19H18ClFN2S.CH4O3S/c1-22-6-8-23(9-7-22)17-11-13-10-14(20)2-5-18(13)24-19-12-15(21)3-4-16(17)19;1-5(2,3)4/h2-5,10-12H,6-9H2,1H3;1H3,(H,2,3,4). The zero-order chi connectivity index (χ0) is 21.2. The molecule has 0 aromatic heterocycles. The van der Waals surface area contributed by atoms with Crippen LogP contribution in [0.1, 0.15) is 11.1 Å². The number of benzene rings is 2. The van der Waals surface area contributed by atoms with Gasteiger partial charge >= 0.3 is 0 Å². The van der Waals surface area contributed by atoms with Crippen molar-refractivity contribution in [3.05, 3.63) is 58.4 Å². The molecule has 0 radical (unpaired) electrons. The molecule has 1 N–H and O–H groups in total. The van der Waals surface area contributed by atoms with Gasteiger partial charge in [-0.1, -0.05) is 23.4 Å². The normalized spacial score (nSPS) is 16.7. The summed E-state index contributed by atoms with van der Waals surface area (Å²) in [5, 5.41) is 0.723. The molecule has 29 heavy (non-hydrogen) atoms. The highest BCUT2D eigenvalue weighted by Gasteiger charge is 2.23. The van der Waals surface area contributed by atoms with Crippen LogP contribution in [-0.4, -0.2) is 62.3 Å². The van der Waals surface area contributed by atoms with Crippen LogP contribution in [0.3, 0.4) is 0 Å². The maximum Gasteiger partial charge on any atom is 0.261 e. The van der Waals surface area contributed by atoms with Gasteiger partial charge in [-0.15, -0.1) is 0 Å². The van der Waals surface area contributed by atoms with Crippen LogP contribution in [-0.2, 0) is 10.1 Å². The van der Waals surface area contributed by atoms with Crippen molar-refractivity contribution in [1.29, 1.82) is 0 Å². The Bertz CT molecular complexity index is 1030. The van der Waals surface area contributed by atoms with Crippen LogP contribution in [0, 0.1) is 5.82 Å². The summed E-state index contributed by atoms with van der Waals surface area (Å²) < 4.78 is 39.7. The van der Waals surface area contributed by atoms with Crippen LogP contribution in [0.15, 0.2) is 46.2 Å². The molecule has 0 saturated carbocycles. The molecule has 2 aromatic carbocycles. The molecule has 0 unspecified atom stereocenters. The monoisotopic (exact) mass is 456 g/mol. The smallest absolute Gasteiger partial charge is 0.261 e. The number of hydrogen-bond acceptors (Lipinski definition) is 5. The minimum atomic E-state index is -3.67. The van der Waals surface area contributed by atoms with Crippen LogP contribution >= 0.6 is 23.4 Å². The first-order valence-electron chi connectivity index (χ1n) is 8.95. The number of nitrogens with zero attached hydrogens (tertiary/aromatic N) is 2. The largest absolute Gasteiger partial charge is 0.368 e. The lowest BCUT2D eigenvalue weighted by atomic mass is 10.1. The second-order valence-corrected chi connectivity index (χ2v) is 9.96. The van der Waals surface area contributed by atoms with Gasteiger partial charge in [0.1, 0.15) is 5.82 Å². The van der Waals surface area contributed by atoms with E-state index in [2.05, 4.69) is 22.9 Å². The van der Waals surface area contributed by atoms with E-state index in [1.165, 1.54) is 0 Å². The molecule has 0 atom stereocenters. The van der Waals surface area contributed by atoms with Crippen molar-refractivity contribution in [2.24, 2.45) is 0 Å². The number of hydrogen-bond donors (Lipinski definition) is 1. The fourth-order valence-electron chi connectivity index (χ4n) is 3.17. The highest BCUT2D eigenvalue weighted by molar-refractivity contribution is 7.99. The summed E-state index contributed by atoms with van der Waals surface area (Å²) in [4.78, 5) is 6.79. The second-order valence-electron chi connectivity index (χ2n) is 6.98. The number of fused-ring (bicyclic) bond motifs is 2. The Labute approximate surface area is 179 Å². The molecule has 0 spiro atoms. The van der Waals surface area contributed by atoms with Crippen LogP contribution in [0.2, 0.25) is 5.02 Å². The number of likely N-dealkylation sites (N-methyl/N-ethyl adjacent to an activating group) is 1. The van der Waals surface area contributed by atoms with E-state index in [1.54, 1.807) is 23.9 Å². The summed E-state index contributed by atoms with van der Waals surface area (Å²) in [6.07, 6.45) is 2.91. The van der Waals surface area contributed by atoms with Gasteiger partial charge in [0.15, 0.2) is 0 Å². The van der Waals surface area contributed by atoms with Gasteiger partial charge in [0.05, 0.1) is 6.26 Å². The minimum absolute atomic E-state index is 0.198. The highest BCUT2D eigenvalue weighted by Crippen LogP contribution is 2.42. The van der Waals surface area contributed by atoms with E-state index in [9.17, 15) is 12.8 Å². The number of piperazine rings is 1. The van der Waals surface area contributed by atoms with Crippen molar-refractivity contribution in [3.63, 3.8) is 0 Å². The Hall–Kier alpha value is -1.58. The molecule has 0 amide bonds. The average Bonchev–Trinajstić information content (AvgIpc) is 2.77. The average molecular weight is 457 g/mol. The Morgan fingerprint density at radius 1 is 1.07 bits per heavy atom. The van der Waals surface area contributed by atoms with Gasteiger partial charge in [-0.25, -0.2) is 4.39 Å². The van der Waals surface area contributed by atoms with E-state index >= 15 is 0 Å². The second kappa shape index (κ2) is 9.06. The molecular formula is C20H22ClFN2O3S2. The van der Waals surface area contributed by atoms with Crippen molar-refractivity contribution in [2.75, 3.05) is 39.5 Å². The fourth-order valence-corrected chi connectivity index (χ4v) is 4.41. The molecule has 0 bridgehead atoms. The molecule has 2 aromatic rings. The quantitative estimate of drug-likeness (QED) is 0.649. The van der Waals surface area contributed by atoms with Crippen LogP contribution < -0.4 is 0 Å². The van der Waals surface area contributed by atoms with E-state index in [-0.39, 0.29) is 5.82 Å². The topological polar surface area (TPSA) is 60.9 Å². The lowest BCUT2D eigenvalue weighted by Gasteiger charge is -2.36. The van der Waals surface area contributed by atoms with Gasteiger partial charge < -0.3 is 9.80 Å². The molecular weight excluding hydrogens is 435 g/mol. The van der Waals surface area contributed by atoms with Crippen molar-refractivity contribution >= 4 is 45.3 Å². The van der Waals surface area contributed by atoms with Gasteiger partial charge in [0.2, 0.25) is 0 Å². The molecule has 0 aliphatic carbocycles. The van der Waals surface area contributed by atoms with Gasteiger partial charge in [-0.2, -0.15) is 8.42 Å². The van der Waals surface area contributed by atoms with Crippen molar-refractivity contribution in [2.45, 2.75) is 9.79 Å². The molecule has 2 aliphatic rings. The van der Waals surface area contributed by atoms with Gasteiger partial charge in [-0.05, 0) is 55.1 Å².